The van der Waals surface area contributed by atoms with Crippen LogP contribution in [0.15, 0.2) is 52.4 Å². The summed E-state index contributed by atoms with van der Waals surface area (Å²) in [5.74, 6) is 0.464. The van der Waals surface area contributed by atoms with Crippen LogP contribution >= 0.6 is 24.0 Å². The molecule has 170 valence electrons. The molecule has 0 saturated heterocycles. The molecular formula is C22H30FIN4O2S. The van der Waals surface area contributed by atoms with Crippen LogP contribution in [0.25, 0.3) is 0 Å². The van der Waals surface area contributed by atoms with E-state index in [2.05, 4.69) is 20.3 Å². The molecule has 2 aromatic rings. The Morgan fingerprint density at radius 3 is 2.45 bits per heavy atom. The zero-order chi connectivity index (χ0) is 21.6. The first-order chi connectivity index (χ1) is 14.4. The third kappa shape index (κ3) is 8.04. The molecule has 1 aliphatic rings. The van der Waals surface area contributed by atoms with Crippen LogP contribution in [0.1, 0.15) is 36.5 Å². The van der Waals surface area contributed by atoms with Gasteiger partial charge in [-0.15, -0.1) is 24.0 Å². The van der Waals surface area contributed by atoms with E-state index in [-0.39, 0.29) is 40.7 Å². The molecule has 0 aromatic heterocycles. The van der Waals surface area contributed by atoms with Crippen molar-refractivity contribution in [1.82, 2.24) is 15.4 Å². The van der Waals surface area contributed by atoms with Gasteiger partial charge in [0.05, 0.1) is 11.4 Å². The maximum Gasteiger partial charge on any atom is 0.240 e. The Morgan fingerprint density at radius 1 is 1.13 bits per heavy atom. The molecular weight excluding hydrogens is 530 g/mol. The normalized spacial score (nSPS) is 14.1. The molecule has 31 heavy (non-hydrogen) atoms. The molecule has 3 rings (SSSR count). The van der Waals surface area contributed by atoms with E-state index in [9.17, 15) is 12.8 Å². The van der Waals surface area contributed by atoms with Crippen LogP contribution in [0.2, 0.25) is 0 Å². The Labute approximate surface area is 201 Å². The standard InChI is InChI=1S/C22H29FN4O2S.HI/c1-3-24-22(25-13-12-18-6-7-19(23)14-16(18)2)26-15-17-4-10-21(11-5-17)30(28,29)27-20-8-9-20;/h4-7,10-11,14,20,27H,3,8-9,12-13,15H2,1-2H3,(H2,24,25,26);1H. The fraction of sp³-hybridized carbons (Fsp3) is 0.409. The summed E-state index contributed by atoms with van der Waals surface area (Å²) in [5, 5.41) is 6.48. The minimum Gasteiger partial charge on any atom is -0.357 e. The van der Waals surface area contributed by atoms with Gasteiger partial charge in [-0.2, -0.15) is 0 Å². The van der Waals surface area contributed by atoms with E-state index >= 15 is 0 Å². The van der Waals surface area contributed by atoms with Crippen molar-refractivity contribution in [1.29, 1.82) is 0 Å². The van der Waals surface area contributed by atoms with Crippen molar-refractivity contribution < 1.29 is 12.8 Å². The number of hydrogen-bond acceptors (Lipinski definition) is 3. The highest BCUT2D eigenvalue weighted by atomic mass is 127. The molecule has 0 radical (unpaired) electrons. The second-order valence-corrected chi connectivity index (χ2v) is 9.20. The third-order valence-electron chi connectivity index (χ3n) is 4.89. The van der Waals surface area contributed by atoms with Crippen LogP contribution in [-0.4, -0.2) is 33.5 Å². The largest absolute Gasteiger partial charge is 0.357 e. The Bertz CT molecular complexity index is 993. The summed E-state index contributed by atoms with van der Waals surface area (Å²) in [7, 11) is -3.43. The molecule has 6 nitrogen and oxygen atoms in total. The summed E-state index contributed by atoms with van der Waals surface area (Å²) in [6, 6.07) is 11.7. The first kappa shape index (κ1) is 25.5. The van der Waals surface area contributed by atoms with Gasteiger partial charge in [0, 0.05) is 19.1 Å². The van der Waals surface area contributed by atoms with Gasteiger partial charge in [-0.1, -0.05) is 18.2 Å². The highest BCUT2D eigenvalue weighted by molar-refractivity contribution is 14.0. The molecule has 1 fully saturated rings. The van der Waals surface area contributed by atoms with E-state index in [0.717, 1.165) is 42.5 Å². The summed E-state index contributed by atoms with van der Waals surface area (Å²) < 4.78 is 40.4. The van der Waals surface area contributed by atoms with Gasteiger partial charge in [0.2, 0.25) is 10.0 Å². The molecule has 0 heterocycles. The predicted molar refractivity (Wildman–Crippen MR) is 133 cm³/mol. The quantitative estimate of drug-likeness (QED) is 0.249. The highest BCUT2D eigenvalue weighted by Crippen LogP contribution is 2.22. The van der Waals surface area contributed by atoms with Crippen LogP contribution in [0, 0.1) is 12.7 Å². The number of nitrogens with one attached hydrogen (secondary N) is 3. The molecule has 0 amide bonds. The number of hydrogen-bond donors (Lipinski definition) is 3. The van der Waals surface area contributed by atoms with Crippen molar-refractivity contribution in [3.63, 3.8) is 0 Å². The molecule has 0 bridgehead atoms. The van der Waals surface area contributed by atoms with Crippen molar-refractivity contribution >= 4 is 40.0 Å². The lowest BCUT2D eigenvalue weighted by Gasteiger charge is -2.12. The molecule has 0 spiro atoms. The average Bonchev–Trinajstić information content (AvgIpc) is 3.51. The zero-order valence-corrected chi connectivity index (χ0v) is 21.0. The lowest BCUT2D eigenvalue weighted by atomic mass is 10.1. The summed E-state index contributed by atoms with van der Waals surface area (Å²) in [4.78, 5) is 4.85. The topological polar surface area (TPSA) is 82.6 Å². The number of nitrogens with zero attached hydrogens (tertiary/aromatic N) is 1. The number of halogens is 2. The molecule has 1 saturated carbocycles. The number of rotatable bonds is 9. The SMILES string of the molecule is CCNC(=NCc1ccc(S(=O)(=O)NC2CC2)cc1)NCCc1ccc(F)cc1C.I. The molecule has 0 atom stereocenters. The minimum absolute atomic E-state index is 0. The average molecular weight is 560 g/mol. The van der Waals surface area contributed by atoms with Gasteiger partial charge in [0.1, 0.15) is 5.82 Å². The molecule has 1 aliphatic carbocycles. The van der Waals surface area contributed by atoms with Crippen molar-refractivity contribution in [3.05, 3.63) is 65.0 Å². The van der Waals surface area contributed by atoms with Crippen molar-refractivity contribution in [2.24, 2.45) is 4.99 Å². The van der Waals surface area contributed by atoms with Crippen molar-refractivity contribution in [2.75, 3.05) is 13.1 Å². The van der Waals surface area contributed by atoms with E-state index < -0.39 is 10.0 Å². The van der Waals surface area contributed by atoms with Crippen molar-refractivity contribution in [2.45, 2.75) is 50.6 Å². The minimum atomic E-state index is -3.43. The summed E-state index contributed by atoms with van der Waals surface area (Å²) in [5.41, 5.74) is 2.95. The monoisotopic (exact) mass is 560 g/mol. The van der Waals surface area contributed by atoms with Crippen LogP contribution < -0.4 is 15.4 Å². The second-order valence-electron chi connectivity index (χ2n) is 7.48. The molecule has 9 heteroatoms. The van der Waals surface area contributed by atoms with Gasteiger partial charge in [0.15, 0.2) is 5.96 Å². The fourth-order valence-corrected chi connectivity index (χ4v) is 4.34. The zero-order valence-electron chi connectivity index (χ0n) is 17.8. The second kappa shape index (κ2) is 11.8. The summed E-state index contributed by atoms with van der Waals surface area (Å²) in [6.45, 7) is 5.73. The maximum absolute atomic E-state index is 13.2. The smallest absolute Gasteiger partial charge is 0.240 e. The lowest BCUT2D eigenvalue weighted by molar-refractivity contribution is 0.581. The Hall–Kier alpha value is -1.72. The maximum atomic E-state index is 13.2. The van der Waals surface area contributed by atoms with Gasteiger partial charge >= 0.3 is 0 Å². The highest BCUT2D eigenvalue weighted by Gasteiger charge is 2.27. The van der Waals surface area contributed by atoms with Gasteiger partial charge < -0.3 is 10.6 Å². The third-order valence-corrected chi connectivity index (χ3v) is 6.42. The van der Waals surface area contributed by atoms with Crippen molar-refractivity contribution in [3.8, 4) is 0 Å². The first-order valence-electron chi connectivity index (χ1n) is 10.3. The summed E-state index contributed by atoms with van der Waals surface area (Å²) >= 11 is 0. The molecule has 3 N–H and O–H groups in total. The van der Waals surface area contributed by atoms with E-state index in [1.807, 2.05) is 19.9 Å². The number of aliphatic imine (C=N–C) groups is 1. The van der Waals surface area contributed by atoms with E-state index in [4.69, 9.17) is 0 Å². The van der Waals surface area contributed by atoms with Gasteiger partial charge in [-0.05, 0) is 74.1 Å². The Balaban J connectivity index is 0.00000341. The van der Waals surface area contributed by atoms with E-state index in [0.29, 0.717) is 19.0 Å². The van der Waals surface area contributed by atoms with Gasteiger partial charge in [-0.3, -0.25) is 0 Å². The van der Waals surface area contributed by atoms with E-state index in [1.54, 1.807) is 30.3 Å². The summed E-state index contributed by atoms with van der Waals surface area (Å²) in [6.07, 6.45) is 2.58. The van der Waals surface area contributed by atoms with Crippen LogP contribution in [0.4, 0.5) is 4.39 Å². The molecule has 0 aliphatic heterocycles. The number of sulfonamides is 1. The number of guanidine groups is 1. The van der Waals surface area contributed by atoms with E-state index in [1.165, 1.54) is 6.07 Å². The molecule has 2 aromatic carbocycles. The van der Waals surface area contributed by atoms with Crippen LogP contribution in [-0.2, 0) is 23.0 Å². The lowest BCUT2D eigenvalue weighted by Crippen LogP contribution is -2.38. The predicted octanol–water partition coefficient (Wildman–Crippen LogP) is 3.49. The Morgan fingerprint density at radius 2 is 1.84 bits per heavy atom. The number of aryl methyl sites for hydroxylation is 1. The Kier molecular flexibility index (Phi) is 9.70. The van der Waals surface area contributed by atoms with Gasteiger partial charge in [-0.25, -0.2) is 22.5 Å². The van der Waals surface area contributed by atoms with Gasteiger partial charge in [0.25, 0.3) is 0 Å². The fourth-order valence-electron chi connectivity index (χ4n) is 3.03. The molecule has 0 unspecified atom stereocenters. The van der Waals surface area contributed by atoms with Crippen LogP contribution in [0.5, 0.6) is 0 Å². The van der Waals surface area contributed by atoms with Crippen LogP contribution in [0.3, 0.4) is 0 Å². The number of benzene rings is 2. The first-order valence-corrected chi connectivity index (χ1v) is 11.7.